The molecule has 4 rings (SSSR count). The van der Waals surface area contributed by atoms with Crippen LogP contribution in [0, 0.1) is 0 Å². The number of amides is 1. The molecular weight excluding hydrogens is 410 g/mol. The van der Waals surface area contributed by atoms with Crippen LogP contribution in [-0.2, 0) is 7.05 Å². The minimum Gasteiger partial charge on any atom is -0.497 e. The van der Waals surface area contributed by atoms with Gasteiger partial charge in [0.1, 0.15) is 11.3 Å². The highest BCUT2D eigenvalue weighted by Crippen LogP contribution is 2.26. The van der Waals surface area contributed by atoms with Gasteiger partial charge in [-0.05, 0) is 30.3 Å². The van der Waals surface area contributed by atoms with Crippen molar-refractivity contribution in [1.82, 2.24) is 9.55 Å². The summed E-state index contributed by atoms with van der Waals surface area (Å²) in [4.78, 5) is 30.1. The van der Waals surface area contributed by atoms with E-state index in [0.29, 0.717) is 26.8 Å². The maximum absolute atomic E-state index is 12.9. The van der Waals surface area contributed by atoms with Gasteiger partial charge in [0.05, 0.1) is 23.7 Å². The van der Waals surface area contributed by atoms with Gasteiger partial charge >= 0.3 is 0 Å². The van der Waals surface area contributed by atoms with Gasteiger partial charge in [-0.2, -0.15) is 0 Å². The van der Waals surface area contributed by atoms with Crippen LogP contribution < -0.4 is 15.5 Å². The highest BCUT2D eigenvalue weighted by Gasteiger charge is 2.17. The highest BCUT2D eigenvalue weighted by atomic mass is 35.5. The number of fused-ring (bicyclic) bond motifs is 1. The number of anilines is 1. The molecule has 146 valence electrons. The van der Waals surface area contributed by atoms with Crippen molar-refractivity contribution < 1.29 is 9.53 Å². The predicted molar refractivity (Wildman–Crippen MR) is 116 cm³/mol. The molecule has 0 saturated carbocycles. The molecule has 0 bridgehead atoms. The fraction of sp³-hybridized carbons (Fsp3) is 0.0952. The Morgan fingerprint density at radius 2 is 1.97 bits per heavy atom. The minimum atomic E-state index is -0.507. The van der Waals surface area contributed by atoms with E-state index in [-0.39, 0.29) is 11.0 Å². The van der Waals surface area contributed by atoms with Gasteiger partial charge in [-0.3, -0.25) is 14.9 Å². The third kappa shape index (κ3) is 3.74. The molecule has 0 aliphatic heterocycles. The largest absolute Gasteiger partial charge is 0.497 e. The maximum atomic E-state index is 12.9. The quantitative estimate of drug-likeness (QED) is 0.519. The molecule has 0 fully saturated rings. The Labute approximate surface area is 175 Å². The molecule has 1 N–H and O–H groups in total. The number of benzene rings is 2. The van der Waals surface area contributed by atoms with Gasteiger partial charge in [-0.1, -0.05) is 23.7 Å². The molecule has 1 amide bonds. The Morgan fingerprint density at radius 3 is 2.69 bits per heavy atom. The number of ether oxygens (including phenoxy) is 1. The number of aromatic nitrogens is 2. The maximum Gasteiger partial charge on any atom is 0.262 e. The van der Waals surface area contributed by atoms with Crippen molar-refractivity contribution in [1.29, 1.82) is 0 Å². The lowest BCUT2D eigenvalue weighted by Crippen LogP contribution is -2.23. The number of nitrogens with zero attached hydrogens (tertiary/aromatic N) is 2. The van der Waals surface area contributed by atoms with E-state index in [4.69, 9.17) is 16.3 Å². The van der Waals surface area contributed by atoms with Crippen molar-refractivity contribution >= 4 is 44.9 Å². The van der Waals surface area contributed by atoms with E-state index < -0.39 is 5.91 Å². The number of thiazole rings is 1. The second-order valence-corrected chi connectivity index (χ2v) is 7.66. The predicted octanol–water partition coefficient (Wildman–Crippen LogP) is 4.58. The first-order valence-electron chi connectivity index (χ1n) is 8.66. The van der Waals surface area contributed by atoms with Crippen LogP contribution in [0.2, 0.25) is 5.02 Å². The summed E-state index contributed by atoms with van der Waals surface area (Å²) in [6, 6.07) is 12.5. The first kappa shape index (κ1) is 19.2. The van der Waals surface area contributed by atoms with E-state index in [2.05, 4.69) is 10.3 Å². The molecule has 2 aromatic heterocycles. The van der Waals surface area contributed by atoms with Crippen LogP contribution in [-0.4, -0.2) is 22.6 Å². The molecule has 4 aromatic rings. The van der Waals surface area contributed by atoms with E-state index >= 15 is 0 Å². The second kappa shape index (κ2) is 7.69. The van der Waals surface area contributed by atoms with Crippen LogP contribution in [0.5, 0.6) is 5.75 Å². The average molecular weight is 426 g/mol. The molecule has 0 atom stereocenters. The lowest BCUT2D eigenvalue weighted by Gasteiger charge is -2.10. The zero-order valence-electron chi connectivity index (χ0n) is 15.6. The molecule has 29 heavy (non-hydrogen) atoms. The Morgan fingerprint density at radius 1 is 1.21 bits per heavy atom. The number of pyridine rings is 1. The van der Waals surface area contributed by atoms with Crippen LogP contribution in [0.4, 0.5) is 5.13 Å². The molecule has 8 heteroatoms. The van der Waals surface area contributed by atoms with E-state index in [0.717, 1.165) is 11.3 Å². The van der Waals surface area contributed by atoms with E-state index in [9.17, 15) is 9.59 Å². The van der Waals surface area contributed by atoms with Crippen molar-refractivity contribution in [2.75, 3.05) is 12.4 Å². The van der Waals surface area contributed by atoms with Crippen molar-refractivity contribution in [3.05, 3.63) is 74.9 Å². The number of methoxy groups -OCH3 is 1. The second-order valence-electron chi connectivity index (χ2n) is 6.36. The van der Waals surface area contributed by atoms with Gasteiger partial charge in [-0.25, -0.2) is 4.98 Å². The SMILES string of the molecule is COc1ccc2c(c1)c(=O)c(C(=O)Nc1nc(-c3ccc(Cl)cc3)cs1)cn2C. The van der Waals surface area contributed by atoms with Crippen molar-refractivity contribution in [2.24, 2.45) is 7.05 Å². The molecule has 0 aliphatic carbocycles. The Kier molecular flexibility index (Phi) is 5.08. The van der Waals surface area contributed by atoms with E-state index in [1.165, 1.54) is 24.6 Å². The number of aryl methyl sites for hydroxylation is 1. The smallest absolute Gasteiger partial charge is 0.262 e. The summed E-state index contributed by atoms with van der Waals surface area (Å²) >= 11 is 7.20. The number of carbonyl (C=O) groups is 1. The molecule has 0 radical (unpaired) electrons. The highest BCUT2D eigenvalue weighted by molar-refractivity contribution is 7.14. The first-order chi connectivity index (χ1) is 14.0. The summed E-state index contributed by atoms with van der Waals surface area (Å²) in [6.45, 7) is 0. The third-order valence-corrected chi connectivity index (χ3v) is 5.51. The van der Waals surface area contributed by atoms with Gasteiger partial charge < -0.3 is 9.30 Å². The molecule has 0 aliphatic rings. The Bertz CT molecular complexity index is 1280. The molecule has 0 spiro atoms. The Hall–Kier alpha value is -3.16. The normalized spacial score (nSPS) is 10.9. The first-order valence-corrected chi connectivity index (χ1v) is 9.92. The van der Waals surface area contributed by atoms with Gasteiger partial charge in [0.15, 0.2) is 5.13 Å². The van der Waals surface area contributed by atoms with E-state index in [1.807, 2.05) is 17.5 Å². The van der Waals surface area contributed by atoms with Crippen LogP contribution in [0.3, 0.4) is 0 Å². The van der Waals surface area contributed by atoms with Crippen molar-refractivity contribution in [2.45, 2.75) is 0 Å². The molecular formula is C21H16ClN3O3S. The third-order valence-electron chi connectivity index (χ3n) is 4.50. The van der Waals surface area contributed by atoms with Gasteiger partial charge in [0, 0.05) is 29.2 Å². The number of rotatable bonds is 4. The van der Waals surface area contributed by atoms with Crippen molar-refractivity contribution in [3.63, 3.8) is 0 Å². The van der Waals surface area contributed by atoms with Gasteiger partial charge in [0.25, 0.3) is 5.91 Å². The minimum absolute atomic E-state index is 0.0384. The van der Waals surface area contributed by atoms with Crippen LogP contribution >= 0.6 is 22.9 Å². The van der Waals surface area contributed by atoms with Gasteiger partial charge in [-0.15, -0.1) is 11.3 Å². The van der Waals surface area contributed by atoms with Crippen LogP contribution in [0.15, 0.2) is 58.8 Å². The molecule has 6 nitrogen and oxygen atoms in total. The monoisotopic (exact) mass is 425 g/mol. The zero-order chi connectivity index (χ0) is 20.5. The number of hydrogen-bond donors (Lipinski definition) is 1. The van der Waals surface area contributed by atoms with Crippen molar-refractivity contribution in [3.8, 4) is 17.0 Å². The molecule has 2 aromatic carbocycles. The van der Waals surface area contributed by atoms with Crippen LogP contribution in [0.25, 0.3) is 22.2 Å². The van der Waals surface area contributed by atoms with E-state index in [1.54, 1.807) is 41.9 Å². The van der Waals surface area contributed by atoms with Gasteiger partial charge in [0.2, 0.25) is 5.43 Å². The Balaban J connectivity index is 1.65. The standard InChI is InChI=1S/C21H16ClN3O3S/c1-25-10-16(19(26)15-9-14(28-2)7-8-18(15)25)20(27)24-21-23-17(11-29-21)12-3-5-13(22)6-4-12/h3-11H,1-2H3,(H,23,24,27). The fourth-order valence-corrected chi connectivity index (χ4v) is 3.85. The summed E-state index contributed by atoms with van der Waals surface area (Å²) in [5, 5.41) is 6.02. The summed E-state index contributed by atoms with van der Waals surface area (Å²) < 4.78 is 6.94. The summed E-state index contributed by atoms with van der Waals surface area (Å²) in [7, 11) is 3.32. The van der Waals surface area contributed by atoms with Crippen LogP contribution in [0.1, 0.15) is 10.4 Å². The topological polar surface area (TPSA) is 73.2 Å². The average Bonchev–Trinajstić information content (AvgIpc) is 3.19. The lowest BCUT2D eigenvalue weighted by atomic mass is 10.1. The lowest BCUT2D eigenvalue weighted by molar-refractivity contribution is 0.102. The number of nitrogens with one attached hydrogen (secondary N) is 1. The fourth-order valence-electron chi connectivity index (χ4n) is 3.01. The number of carbonyl (C=O) groups excluding carboxylic acids is 1. The zero-order valence-corrected chi connectivity index (χ0v) is 17.2. The molecule has 0 saturated heterocycles. The molecule has 2 heterocycles. The number of halogens is 1. The molecule has 0 unspecified atom stereocenters. The number of hydrogen-bond acceptors (Lipinski definition) is 5. The summed E-state index contributed by atoms with van der Waals surface area (Å²) in [5.41, 5.74) is 2.00. The summed E-state index contributed by atoms with van der Waals surface area (Å²) in [5.74, 6) is 0.0482. The summed E-state index contributed by atoms with van der Waals surface area (Å²) in [6.07, 6.45) is 1.53.